The molecule has 1 aromatic carbocycles. The first-order valence-electron chi connectivity index (χ1n) is 6.22. The summed E-state index contributed by atoms with van der Waals surface area (Å²) in [4.78, 5) is 11.3. The number of carbonyl (C=O) groups is 1. The number of methoxy groups -OCH3 is 2. The zero-order valence-electron chi connectivity index (χ0n) is 11.9. The Morgan fingerprint density at radius 1 is 1.37 bits per heavy atom. The largest absolute Gasteiger partial charge is 0.497 e. The molecule has 1 atom stereocenters. The number of nitrogens with one attached hydrogen (secondary N) is 1. The average molecular weight is 266 g/mol. The highest BCUT2D eigenvalue weighted by Gasteiger charge is 2.31. The Hall–Kier alpha value is -1.75. The van der Waals surface area contributed by atoms with Crippen molar-refractivity contribution in [2.45, 2.75) is 25.8 Å². The Kier molecular flexibility index (Phi) is 5.18. The van der Waals surface area contributed by atoms with E-state index >= 15 is 0 Å². The number of amides is 1. The maximum Gasteiger partial charge on any atom is 0.219 e. The van der Waals surface area contributed by atoms with Crippen LogP contribution in [0.25, 0.3) is 0 Å². The summed E-state index contributed by atoms with van der Waals surface area (Å²) in [6.07, 6.45) is 0.185. The molecule has 0 aliphatic carbocycles. The Morgan fingerprint density at radius 2 is 2.05 bits per heavy atom. The molecule has 0 aliphatic heterocycles. The van der Waals surface area contributed by atoms with Crippen molar-refractivity contribution in [3.05, 3.63) is 23.8 Å². The van der Waals surface area contributed by atoms with Crippen molar-refractivity contribution in [2.24, 2.45) is 5.73 Å². The quantitative estimate of drug-likeness (QED) is 0.782. The van der Waals surface area contributed by atoms with Crippen molar-refractivity contribution in [1.29, 1.82) is 0 Å². The van der Waals surface area contributed by atoms with E-state index in [-0.39, 0.29) is 12.3 Å². The molecule has 0 radical (unpaired) electrons. The second-order valence-corrected chi connectivity index (χ2v) is 4.57. The molecule has 1 aromatic rings. The molecule has 5 heteroatoms. The highest BCUT2D eigenvalue weighted by molar-refractivity contribution is 5.75. The van der Waals surface area contributed by atoms with Crippen LogP contribution in [0.15, 0.2) is 18.2 Å². The third-order valence-electron chi connectivity index (χ3n) is 3.10. The van der Waals surface area contributed by atoms with Crippen molar-refractivity contribution >= 4 is 5.91 Å². The molecular formula is C14H22N2O3. The van der Waals surface area contributed by atoms with Crippen molar-refractivity contribution in [3.63, 3.8) is 0 Å². The zero-order chi connectivity index (χ0) is 14.5. The number of benzene rings is 1. The van der Waals surface area contributed by atoms with E-state index in [0.717, 1.165) is 5.56 Å². The van der Waals surface area contributed by atoms with Gasteiger partial charge in [0.1, 0.15) is 11.5 Å². The maximum atomic E-state index is 11.3. The lowest BCUT2D eigenvalue weighted by Crippen LogP contribution is -2.43. The first-order valence-corrected chi connectivity index (χ1v) is 6.22. The van der Waals surface area contributed by atoms with Gasteiger partial charge in [0.15, 0.2) is 0 Å². The average Bonchev–Trinajstić information content (AvgIpc) is 2.37. The lowest BCUT2D eigenvalue weighted by molar-refractivity contribution is -0.119. The first kappa shape index (κ1) is 15.3. The highest BCUT2D eigenvalue weighted by atomic mass is 16.5. The number of hydrogen-bond donors (Lipinski definition) is 2. The van der Waals surface area contributed by atoms with Crippen LogP contribution in [0.1, 0.15) is 25.8 Å². The van der Waals surface area contributed by atoms with Crippen LogP contribution >= 0.6 is 0 Å². The van der Waals surface area contributed by atoms with Gasteiger partial charge in [-0.05, 0) is 31.7 Å². The summed E-state index contributed by atoms with van der Waals surface area (Å²) >= 11 is 0. The van der Waals surface area contributed by atoms with Crippen LogP contribution in [0.3, 0.4) is 0 Å². The molecule has 0 fully saturated rings. The first-order chi connectivity index (χ1) is 8.96. The number of rotatable bonds is 7. The Bertz CT molecular complexity index is 448. The third kappa shape index (κ3) is 3.61. The van der Waals surface area contributed by atoms with Crippen LogP contribution in [0.4, 0.5) is 0 Å². The molecular weight excluding hydrogens is 244 g/mol. The zero-order valence-corrected chi connectivity index (χ0v) is 11.9. The van der Waals surface area contributed by atoms with E-state index in [1.807, 2.05) is 32.0 Å². The molecule has 1 unspecified atom stereocenters. The summed E-state index contributed by atoms with van der Waals surface area (Å²) < 4.78 is 10.6. The van der Waals surface area contributed by atoms with Gasteiger partial charge >= 0.3 is 0 Å². The summed E-state index contributed by atoms with van der Waals surface area (Å²) in [5.74, 6) is 1.04. The maximum absolute atomic E-state index is 11.3. The minimum atomic E-state index is -0.583. The Morgan fingerprint density at radius 3 is 2.53 bits per heavy atom. The molecule has 0 spiro atoms. The normalized spacial score (nSPS) is 13.7. The summed E-state index contributed by atoms with van der Waals surface area (Å²) in [7, 11) is 3.20. The van der Waals surface area contributed by atoms with Gasteiger partial charge in [0, 0.05) is 12.0 Å². The SMILES string of the molecule is CCNC(C)(CC(N)=O)c1cc(OC)ccc1OC. The highest BCUT2D eigenvalue weighted by Crippen LogP contribution is 2.35. The molecule has 0 saturated heterocycles. The minimum Gasteiger partial charge on any atom is -0.497 e. The minimum absolute atomic E-state index is 0.185. The fourth-order valence-electron chi connectivity index (χ4n) is 2.24. The van der Waals surface area contributed by atoms with Crippen LogP contribution < -0.4 is 20.5 Å². The molecule has 106 valence electrons. The molecule has 5 nitrogen and oxygen atoms in total. The van der Waals surface area contributed by atoms with E-state index in [9.17, 15) is 4.79 Å². The van der Waals surface area contributed by atoms with E-state index in [1.165, 1.54) is 0 Å². The van der Waals surface area contributed by atoms with Gasteiger partial charge in [-0.1, -0.05) is 6.92 Å². The second-order valence-electron chi connectivity index (χ2n) is 4.57. The summed E-state index contributed by atoms with van der Waals surface area (Å²) in [5, 5.41) is 3.30. The lowest BCUT2D eigenvalue weighted by Gasteiger charge is -2.31. The molecule has 19 heavy (non-hydrogen) atoms. The van der Waals surface area contributed by atoms with Gasteiger partial charge in [0.25, 0.3) is 0 Å². The molecule has 1 amide bonds. The number of primary amides is 1. The van der Waals surface area contributed by atoms with Crippen LogP contribution in [-0.2, 0) is 10.3 Å². The summed E-state index contributed by atoms with van der Waals surface area (Å²) in [6.45, 7) is 4.62. The van der Waals surface area contributed by atoms with Crippen molar-refractivity contribution in [1.82, 2.24) is 5.32 Å². The summed E-state index contributed by atoms with van der Waals surface area (Å²) in [6, 6.07) is 5.51. The fourth-order valence-corrected chi connectivity index (χ4v) is 2.24. The predicted molar refractivity (Wildman–Crippen MR) is 74.4 cm³/mol. The van der Waals surface area contributed by atoms with Crippen molar-refractivity contribution < 1.29 is 14.3 Å². The number of nitrogens with two attached hydrogens (primary N) is 1. The molecule has 0 aromatic heterocycles. The third-order valence-corrected chi connectivity index (χ3v) is 3.10. The van der Waals surface area contributed by atoms with Gasteiger partial charge in [-0.15, -0.1) is 0 Å². The molecule has 1 rings (SSSR count). The van der Waals surface area contributed by atoms with Gasteiger partial charge in [-0.3, -0.25) is 4.79 Å². The van der Waals surface area contributed by atoms with E-state index in [4.69, 9.17) is 15.2 Å². The molecule has 0 bridgehead atoms. The fraction of sp³-hybridized carbons (Fsp3) is 0.500. The van der Waals surface area contributed by atoms with Crippen LogP contribution in [-0.4, -0.2) is 26.7 Å². The number of ether oxygens (including phenoxy) is 2. The van der Waals surface area contributed by atoms with Gasteiger partial charge in [-0.2, -0.15) is 0 Å². The number of carbonyl (C=O) groups excluding carboxylic acids is 1. The predicted octanol–water partition coefficient (Wildman–Crippen LogP) is 1.40. The number of hydrogen-bond acceptors (Lipinski definition) is 4. The van der Waals surface area contributed by atoms with Gasteiger partial charge < -0.3 is 20.5 Å². The van der Waals surface area contributed by atoms with Crippen LogP contribution in [0.5, 0.6) is 11.5 Å². The van der Waals surface area contributed by atoms with Gasteiger partial charge in [0.05, 0.1) is 19.8 Å². The smallest absolute Gasteiger partial charge is 0.219 e. The standard InChI is InChI=1S/C14H22N2O3/c1-5-16-14(2,9-13(15)17)11-8-10(18-3)6-7-12(11)19-4/h6-8,16H,5,9H2,1-4H3,(H2,15,17). The van der Waals surface area contributed by atoms with E-state index in [2.05, 4.69) is 5.32 Å². The summed E-state index contributed by atoms with van der Waals surface area (Å²) in [5.41, 5.74) is 5.63. The lowest BCUT2D eigenvalue weighted by atomic mass is 9.87. The second kappa shape index (κ2) is 6.43. The molecule has 0 saturated carbocycles. The molecule has 0 heterocycles. The molecule has 0 aliphatic rings. The van der Waals surface area contributed by atoms with E-state index < -0.39 is 5.54 Å². The Balaban J connectivity index is 3.30. The molecule has 3 N–H and O–H groups in total. The van der Waals surface area contributed by atoms with Crippen LogP contribution in [0.2, 0.25) is 0 Å². The van der Waals surface area contributed by atoms with E-state index in [0.29, 0.717) is 18.0 Å². The van der Waals surface area contributed by atoms with Crippen LogP contribution in [0, 0.1) is 0 Å². The topological polar surface area (TPSA) is 73.6 Å². The van der Waals surface area contributed by atoms with Gasteiger partial charge in [0.2, 0.25) is 5.91 Å². The Labute approximate surface area is 114 Å². The van der Waals surface area contributed by atoms with E-state index in [1.54, 1.807) is 14.2 Å². The monoisotopic (exact) mass is 266 g/mol. The van der Waals surface area contributed by atoms with Crippen molar-refractivity contribution in [2.75, 3.05) is 20.8 Å². The van der Waals surface area contributed by atoms with Crippen molar-refractivity contribution in [3.8, 4) is 11.5 Å². The van der Waals surface area contributed by atoms with Gasteiger partial charge in [-0.25, -0.2) is 0 Å².